The van der Waals surface area contributed by atoms with Gasteiger partial charge in [0.1, 0.15) is 0 Å². The van der Waals surface area contributed by atoms with Gasteiger partial charge in [0.25, 0.3) is 0 Å². The van der Waals surface area contributed by atoms with Crippen molar-refractivity contribution in [3.05, 3.63) is 11.6 Å². The van der Waals surface area contributed by atoms with E-state index in [9.17, 15) is 4.79 Å². The van der Waals surface area contributed by atoms with E-state index in [2.05, 4.69) is 23.6 Å². The second-order valence-corrected chi connectivity index (χ2v) is 5.32. The number of amides is 1. The predicted octanol–water partition coefficient (Wildman–Crippen LogP) is 1.99. The molecule has 0 bridgehead atoms. The van der Waals surface area contributed by atoms with Crippen LogP contribution in [0.25, 0.3) is 0 Å². The minimum atomic E-state index is -0.135. The van der Waals surface area contributed by atoms with Crippen molar-refractivity contribution in [2.45, 2.75) is 45.4 Å². The first-order valence-corrected chi connectivity index (χ1v) is 6.94. The second-order valence-electron chi connectivity index (χ2n) is 5.32. The number of nitrogens with one attached hydrogen (secondary N) is 2. The van der Waals surface area contributed by atoms with Gasteiger partial charge in [-0.25, -0.2) is 0 Å². The Morgan fingerprint density at radius 1 is 1.59 bits per heavy atom. The van der Waals surface area contributed by atoms with Crippen LogP contribution in [0.1, 0.15) is 45.4 Å². The van der Waals surface area contributed by atoms with Crippen molar-refractivity contribution in [3.63, 3.8) is 0 Å². The van der Waals surface area contributed by atoms with E-state index in [-0.39, 0.29) is 11.3 Å². The van der Waals surface area contributed by atoms with Crippen molar-refractivity contribution in [3.8, 4) is 0 Å². The normalized spacial score (nSPS) is 28.2. The van der Waals surface area contributed by atoms with Gasteiger partial charge in [-0.1, -0.05) is 18.6 Å². The van der Waals surface area contributed by atoms with Gasteiger partial charge in [0, 0.05) is 13.1 Å². The van der Waals surface area contributed by atoms with Gasteiger partial charge in [-0.15, -0.1) is 0 Å². The summed E-state index contributed by atoms with van der Waals surface area (Å²) >= 11 is 0. The van der Waals surface area contributed by atoms with Crippen LogP contribution in [0.4, 0.5) is 0 Å². The number of rotatable bonds is 5. The molecule has 1 aliphatic carbocycles. The number of carbonyl (C=O) groups is 1. The minimum absolute atomic E-state index is 0.135. The Balaban J connectivity index is 1.76. The molecule has 1 aliphatic heterocycles. The molecule has 0 saturated carbocycles. The van der Waals surface area contributed by atoms with Crippen LogP contribution < -0.4 is 10.6 Å². The summed E-state index contributed by atoms with van der Waals surface area (Å²) in [5.74, 6) is 0.253. The lowest BCUT2D eigenvalue weighted by molar-refractivity contribution is -0.130. The molecule has 0 aromatic heterocycles. The third kappa shape index (κ3) is 2.89. The van der Waals surface area contributed by atoms with Crippen LogP contribution in [0.3, 0.4) is 0 Å². The smallest absolute Gasteiger partial charge is 0.227 e. The van der Waals surface area contributed by atoms with Crippen LogP contribution in [0.5, 0.6) is 0 Å². The largest absolute Gasteiger partial charge is 0.355 e. The molecule has 1 unspecified atom stereocenters. The van der Waals surface area contributed by atoms with Gasteiger partial charge >= 0.3 is 0 Å². The van der Waals surface area contributed by atoms with E-state index >= 15 is 0 Å². The van der Waals surface area contributed by atoms with Crippen LogP contribution in [-0.4, -0.2) is 25.5 Å². The Kier molecular flexibility index (Phi) is 4.21. The molecule has 3 nitrogen and oxygen atoms in total. The molecular formula is C14H24N2O. The molecule has 0 aromatic carbocycles. The molecule has 1 amide bonds. The Hall–Kier alpha value is -0.830. The van der Waals surface area contributed by atoms with Gasteiger partial charge in [0.15, 0.2) is 0 Å². The summed E-state index contributed by atoms with van der Waals surface area (Å²) in [6.07, 6.45) is 9.05. The average molecular weight is 236 g/mol. The first kappa shape index (κ1) is 12.6. The number of allylic oxidation sites excluding steroid dienone is 1. The van der Waals surface area contributed by atoms with Crippen LogP contribution in [0.15, 0.2) is 11.6 Å². The van der Waals surface area contributed by atoms with Gasteiger partial charge < -0.3 is 10.6 Å². The van der Waals surface area contributed by atoms with E-state index in [0.717, 1.165) is 38.9 Å². The molecule has 1 fully saturated rings. The standard InChI is InChI=1S/C14H24N2O/c1-2-14(8-10-15-11-14)13(17)16-9-7-12-5-3-4-6-12/h5,15H,2-4,6-11H2,1H3,(H,16,17). The Bertz CT molecular complexity index is 303. The summed E-state index contributed by atoms with van der Waals surface area (Å²) in [7, 11) is 0. The number of hydrogen-bond acceptors (Lipinski definition) is 2. The summed E-state index contributed by atoms with van der Waals surface area (Å²) < 4.78 is 0. The lowest BCUT2D eigenvalue weighted by Crippen LogP contribution is -2.42. The van der Waals surface area contributed by atoms with Crippen LogP contribution in [0, 0.1) is 5.41 Å². The monoisotopic (exact) mass is 236 g/mol. The number of hydrogen-bond donors (Lipinski definition) is 2. The second kappa shape index (κ2) is 5.67. The van der Waals surface area contributed by atoms with E-state index in [1.807, 2.05) is 0 Å². The Labute approximate surface area is 104 Å². The van der Waals surface area contributed by atoms with Gasteiger partial charge in [-0.05, 0) is 45.1 Å². The van der Waals surface area contributed by atoms with Gasteiger partial charge in [-0.3, -0.25) is 4.79 Å². The fraction of sp³-hybridized carbons (Fsp3) is 0.786. The molecule has 17 heavy (non-hydrogen) atoms. The van der Waals surface area contributed by atoms with Crippen molar-refractivity contribution < 1.29 is 4.79 Å². The van der Waals surface area contributed by atoms with E-state index in [1.165, 1.54) is 24.8 Å². The molecule has 2 aliphatic rings. The molecule has 3 heteroatoms. The fourth-order valence-corrected chi connectivity index (χ4v) is 2.89. The van der Waals surface area contributed by atoms with E-state index in [1.54, 1.807) is 0 Å². The first-order chi connectivity index (χ1) is 8.27. The van der Waals surface area contributed by atoms with Crippen molar-refractivity contribution in [1.82, 2.24) is 10.6 Å². The van der Waals surface area contributed by atoms with Crippen molar-refractivity contribution in [2.75, 3.05) is 19.6 Å². The van der Waals surface area contributed by atoms with Crippen molar-refractivity contribution in [1.29, 1.82) is 0 Å². The first-order valence-electron chi connectivity index (χ1n) is 6.94. The third-order valence-corrected chi connectivity index (χ3v) is 4.27. The SMILES string of the molecule is CCC1(C(=O)NCCC2=CCCC2)CCNC1. The predicted molar refractivity (Wildman–Crippen MR) is 69.8 cm³/mol. The third-order valence-electron chi connectivity index (χ3n) is 4.27. The summed E-state index contributed by atoms with van der Waals surface area (Å²) in [5, 5.41) is 6.43. The van der Waals surface area contributed by atoms with Crippen LogP contribution >= 0.6 is 0 Å². The van der Waals surface area contributed by atoms with Gasteiger partial charge in [0.05, 0.1) is 5.41 Å². The molecular weight excluding hydrogens is 212 g/mol. The maximum absolute atomic E-state index is 12.2. The highest BCUT2D eigenvalue weighted by atomic mass is 16.2. The molecule has 2 rings (SSSR count). The van der Waals surface area contributed by atoms with Gasteiger partial charge in [-0.2, -0.15) is 0 Å². The molecule has 2 N–H and O–H groups in total. The molecule has 0 aromatic rings. The molecule has 1 heterocycles. The quantitative estimate of drug-likeness (QED) is 0.717. The van der Waals surface area contributed by atoms with Crippen molar-refractivity contribution in [2.24, 2.45) is 5.41 Å². The lowest BCUT2D eigenvalue weighted by atomic mass is 9.83. The Morgan fingerprint density at radius 2 is 2.47 bits per heavy atom. The summed E-state index contributed by atoms with van der Waals surface area (Å²) in [6, 6.07) is 0. The zero-order valence-corrected chi connectivity index (χ0v) is 10.8. The molecule has 1 atom stereocenters. The highest BCUT2D eigenvalue weighted by Crippen LogP contribution is 2.29. The van der Waals surface area contributed by atoms with Gasteiger partial charge in [0.2, 0.25) is 5.91 Å². The fourth-order valence-electron chi connectivity index (χ4n) is 2.89. The van der Waals surface area contributed by atoms with Crippen LogP contribution in [0.2, 0.25) is 0 Å². The molecule has 96 valence electrons. The van der Waals surface area contributed by atoms with E-state index < -0.39 is 0 Å². The summed E-state index contributed by atoms with van der Waals surface area (Å²) in [6.45, 7) is 4.75. The zero-order valence-electron chi connectivity index (χ0n) is 10.8. The topological polar surface area (TPSA) is 41.1 Å². The maximum Gasteiger partial charge on any atom is 0.227 e. The summed E-state index contributed by atoms with van der Waals surface area (Å²) in [5.41, 5.74) is 1.39. The minimum Gasteiger partial charge on any atom is -0.355 e. The summed E-state index contributed by atoms with van der Waals surface area (Å²) in [4.78, 5) is 12.2. The molecule has 1 saturated heterocycles. The van der Waals surface area contributed by atoms with Crippen LogP contribution in [-0.2, 0) is 4.79 Å². The average Bonchev–Trinajstić information content (AvgIpc) is 3.00. The van der Waals surface area contributed by atoms with E-state index in [4.69, 9.17) is 0 Å². The molecule has 0 spiro atoms. The van der Waals surface area contributed by atoms with Crippen molar-refractivity contribution >= 4 is 5.91 Å². The highest BCUT2D eigenvalue weighted by Gasteiger charge is 2.39. The zero-order chi connectivity index (χ0) is 12.1. The Morgan fingerprint density at radius 3 is 3.06 bits per heavy atom. The maximum atomic E-state index is 12.2. The lowest BCUT2D eigenvalue weighted by Gasteiger charge is -2.25. The number of carbonyl (C=O) groups excluding carboxylic acids is 1. The molecule has 0 radical (unpaired) electrons. The highest BCUT2D eigenvalue weighted by molar-refractivity contribution is 5.83. The van der Waals surface area contributed by atoms with E-state index in [0.29, 0.717) is 0 Å².